The Morgan fingerprint density at radius 2 is 1.42 bits per heavy atom. The molecule has 124 valence electrons. The molecule has 3 nitrogen and oxygen atoms in total. The van der Waals surface area contributed by atoms with Gasteiger partial charge in [-0.3, -0.25) is 9.69 Å². The molecule has 1 N–H and O–H groups in total. The number of rotatable bonds is 4. The van der Waals surface area contributed by atoms with E-state index in [-0.39, 0.29) is 17.9 Å². The maximum atomic E-state index is 12.1. The van der Waals surface area contributed by atoms with Gasteiger partial charge in [-0.25, -0.2) is 0 Å². The first-order valence-corrected chi connectivity index (χ1v) is 8.82. The van der Waals surface area contributed by atoms with Gasteiger partial charge in [-0.2, -0.15) is 0 Å². The Bertz CT molecular complexity index is 653. The van der Waals surface area contributed by atoms with Crippen molar-refractivity contribution in [1.29, 1.82) is 0 Å². The van der Waals surface area contributed by atoms with Crippen LogP contribution in [0.4, 0.5) is 0 Å². The third kappa shape index (κ3) is 2.63. The summed E-state index contributed by atoms with van der Waals surface area (Å²) in [6, 6.07) is 20.9. The van der Waals surface area contributed by atoms with Gasteiger partial charge in [-0.15, -0.1) is 0 Å². The second-order valence-electron chi connectivity index (χ2n) is 7.03. The van der Waals surface area contributed by atoms with Crippen LogP contribution < -0.4 is 0 Å². The van der Waals surface area contributed by atoms with Gasteiger partial charge >= 0.3 is 5.97 Å². The molecule has 2 unspecified atom stereocenters. The minimum atomic E-state index is -0.633. The molecule has 0 aliphatic carbocycles. The highest BCUT2D eigenvalue weighted by molar-refractivity contribution is 5.72. The zero-order valence-corrected chi connectivity index (χ0v) is 13.7. The Labute approximate surface area is 142 Å². The predicted molar refractivity (Wildman–Crippen MR) is 93.9 cm³/mol. The summed E-state index contributed by atoms with van der Waals surface area (Å²) in [6.07, 6.45) is 2.04. The summed E-state index contributed by atoms with van der Waals surface area (Å²) in [6.45, 7) is 2.05. The molecule has 0 spiro atoms. The smallest absolute Gasteiger partial charge is 0.308 e. The summed E-state index contributed by atoms with van der Waals surface area (Å²) < 4.78 is 0. The highest BCUT2D eigenvalue weighted by Crippen LogP contribution is 2.45. The molecule has 3 fully saturated rings. The van der Waals surface area contributed by atoms with Crippen LogP contribution in [0, 0.1) is 11.8 Å². The molecule has 3 aliphatic heterocycles. The molecule has 0 radical (unpaired) electrons. The van der Waals surface area contributed by atoms with Crippen LogP contribution in [0.1, 0.15) is 29.9 Å². The van der Waals surface area contributed by atoms with Crippen LogP contribution in [0.15, 0.2) is 60.7 Å². The number of hydrogen-bond donors (Lipinski definition) is 1. The molecule has 24 heavy (non-hydrogen) atoms. The molecule has 2 bridgehead atoms. The van der Waals surface area contributed by atoms with Crippen molar-refractivity contribution >= 4 is 5.97 Å². The maximum Gasteiger partial charge on any atom is 0.308 e. The van der Waals surface area contributed by atoms with Crippen LogP contribution in [0.2, 0.25) is 0 Å². The molecular weight excluding hydrogens is 298 g/mol. The van der Waals surface area contributed by atoms with Crippen LogP contribution in [-0.2, 0) is 4.79 Å². The molecule has 3 saturated heterocycles. The highest BCUT2D eigenvalue weighted by Gasteiger charge is 2.49. The number of nitrogens with zero attached hydrogens (tertiary/aromatic N) is 1. The van der Waals surface area contributed by atoms with E-state index in [9.17, 15) is 9.90 Å². The second kappa shape index (κ2) is 6.40. The fraction of sp³-hybridized carbons (Fsp3) is 0.381. The fourth-order valence-corrected chi connectivity index (χ4v) is 4.76. The predicted octanol–water partition coefficient (Wildman–Crippen LogP) is 3.61. The van der Waals surface area contributed by atoms with Gasteiger partial charge < -0.3 is 5.11 Å². The van der Waals surface area contributed by atoms with Crippen molar-refractivity contribution in [3.05, 3.63) is 71.8 Å². The lowest BCUT2D eigenvalue weighted by Crippen LogP contribution is -2.59. The molecule has 2 aromatic rings. The highest BCUT2D eigenvalue weighted by atomic mass is 16.4. The minimum absolute atomic E-state index is 0.0415. The van der Waals surface area contributed by atoms with Gasteiger partial charge in [0.25, 0.3) is 0 Å². The molecule has 0 aromatic heterocycles. The largest absolute Gasteiger partial charge is 0.481 e. The first-order chi connectivity index (χ1) is 11.8. The van der Waals surface area contributed by atoms with Gasteiger partial charge in [0, 0.05) is 12.0 Å². The van der Waals surface area contributed by atoms with Gasteiger partial charge in [0.1, 0.15) is 0 Å². The quantitative estimate of drug-likeness (QED) is 0.935. The third-order valence-corrected chi connectivity index (χ3v) is 5.82. The topological polar surface area (TPSA) is 40.5 Å². The SMILES string of the molecule is O=C(O)C1C2CCN(CC2)C1C(c1ccccc1)c1ccccc1. The fourth-order valence-electron chi connectivity index (χ4n) is 4.76. The normalized spacial score (nSPS) is 28.9. The summed E-state index contributed by atoms with van der Waals surface area (Å²) in [4.78, 5) is 14.5. The number of carboxylic acids is 1. The molecule has 5 rings (SSSR count). The van der Waals surface area contributed by atoms with Crippen molar-refractivity contribution in [3.8, 4) is 0 Å². The maximum absolute atomic E-state index is 12.1. The molecule has 2 atom stereocenters. The standard InChI is InChI=1S/C21H23NO2/c23-21(24)19-17-11-13-22(14-12-17)20(19)18(15-7-3-1-4-8-15)16-9-5-2-6-10-16/h1-10,17-20H,11-14H2,(H,23,24). The van der Waals surface area contributed by atoms with Crippen molar-refractivity contribution < 1.29 is 9.90 Å². The van der Waals surface area contributed by atoms with E-state index in [0.29, 0.717) is 5.92 Å². The van der Waals surface area contributed by atoms with Crippen LogP contribution in [-0.4, -0.2) is 35.1 Å². The summed E-state index contributed by atoms with van der Waals surface area (Å²) >= 11 is 0. The molecule has 0 amide bonds. The van der Waals surface area contributed by atoms with Crippen molar-refractivity contribution in [2.75, 3.05) is 13.1 Å². The number of benzene rings is 2. The van der Waals surface area contributed by atoms with Gasteiger partial charge in [-0.1, -0.05) is 60.7 Å². The van der Waals surface area contributed by atoms with Crippen molar-refractivity contribution in [1.82, 2.24) is 4.90 Å². The second-order valence-corrected chi connectivity index (χ2v) is 7.03. The first-order valence-electron chi connectivity index (χ1n) is 8.82. The number of carbonyl (C=O) groups is 1. The number of hydrogen-bond acceptors (Lipinski definition) is 2. The zero-order valence-electron chi connectivity index (χ0n) is 13.7. The Kier molecular flexibility index (Phi) is 4.11. The minimum Gasteiger partial charge on any atom is -0.481 e. The third-order valence-electron chi connectivity index (χ3n) is 5.82. The van der Waals surface area contributed by atoms with Crippen molar-refractivity contribution in [2.45, 2.75) is 24.8 Å². The molecule has 3 aliphatic rings. The average Bonchev–Trinajstić information content (AvgIpc) is 2.64. The van der Waals surface area contributed by atoms with Crippen LogP contribution in [0.5, 0.6) is 0 Å². The molecule has 3 heterocycles. The molecule has 3 heteroatoms. The molecule has 0 saturated carbocycles. The average molecular weight is 321 g/mol. The Hall–Kier alpha value is -2.13. The summed E-state index contributed by atoms with van der Waals surface area (Å²) in [5, 5.41) is 9.95. The van der Waals surface area contributed by atoms with E-state index in [1.165, 1.54) is 11.1 Å². The number of piperidine rings is 3. The first kappa shape index (κ1) is 15.4. The van der Waals surface area contributed by atoms with Gasteiger partial charge in [-0.05, 0) is 43.0 Å². The van der Waals surface area contributed by atoms with Gasteiger partial charge in [0.2, 0.25) is 0 Å². The van der Waals surface area contributed by atoms with Crippen molar-refractivity contribution in [3.63, 3.8) is 0 Å². The van der Waals surface area contributed by atoms with E-state index in [1.807, 2.05) is 12.1 Å². The van der Waals surface area contributed by atoms with Gasteiger partial charge in [0.15, 0.2) is 0 Å². The van der Waals surface area contributed by atoms with E-state index in [4.69, 9.17) is 0 Å². The summed E-state index contributed by atoms with van der Waals surface area (Å²) in [7, 11) is 0. The van der Waals surface area contributed by atoms with Crippen LogP contribution in [0.3, 0.4) is 0 Å². The summed E-state index contributed by atoms with van der Waals surface area (Å²) in [5.74, 6) is -0.492. The van der Waals surface area contributed by atoms with E-state index in [0.717, 1.165) is 25.9 Å². The van der Waals surface area contributed by atoms with E-state index in [1.54, 1.807) is 0 Å². The Morgan fingerprint density at radius 1 is 0.917 bits per heavy atom. The number of fused-ring (bicyclic) bond motifs is 3. The van der Waals surface area contributed by atoms with Crippen LogP contribution in [0.25, 0.3) is 0 Å². The van der Waals surface area contributed by atoms with E-state index < -0.39 is 5.97 Å². The Morgan fingerprint density at radius 3 is 1.88 bits per heavy atom. The van der Waals surface area contributed by atoms with Gasteiger partial charge in [0.05, 0.1) is 5.92 Å². The lowest BCUT2D eigenvalue weighted by Gasteiger charge is -2.52. The number of aliphatic carboxylic acids is 1. The van der Waals surface area contributed by atoms with Crippen LogP contribution >= 0.6 is 0 Å². The zero-order chi connectivity index (χ0) is 16.5. The van der Waals surface area contributed by atoms with E-state index >= 15 is 0 Å². The number of carboxylic acid groups (broad SMARTS) is 1. The summed E-state index contributed by atoms with van der Waals surface area (Å²) in [5.41, 5.74) is 2.43. The van der Waals surface area contributed by atoms with E-state index in [2.05, 4.69) is 53.4 Å². The lowest BCUT2D eigenvalue weighted by atomic mass is 9.67. The molecule has 2 aromatic carbocycles. The Balaban J connectivity index is 1.82. The monoisotopic (exact) mass is 321 g/mol. The molecular formula is C21H23NO2. The lowest BCUT2D eigenvalue weighted by molar-refractivity contribution is -0.153. The van der Waals surface area contributed by atoms with Crippen molar-refractivity contribution in [2.24, 2.45) is 11.8 Å².